The second kappa shape index (κ2) is 12.6. The van der Waals surface area contributed by atoms with E-state index in [1.807, 2.05) is 65.0 Å². The molecule has 3 amide bonds. The number of fused-ring (bicyclic) bond motifs is 1. The van der Waals surface area contributed by atoms with Crippen LogP contribution in [0.4, 0.5) is 5.82 Å². The molecule has 1 aliphatic rings. The van der Waals surface area contributed by atoms with Crippen LogP contribution in [-0.4, -0.2) is 66.5 Å². The molecule has 12 heteroatoms. The Morgan fingerprint density at radius 1 is 1.07 bits per heavy atom. The smallest absolute Gasteiger partial charge is 0.272 e. The quantitative estimate of drug-likeness (QED) is 0.269. The van der Waals surface area contributed by atoms with Crippen molar-refractivity contribution in [1.82, 2.24) is 34.9 Å². The number of hydrogen-bond acceptors (Lipinski definition) is 7. The summed E-state index contributed by atoms with van der Waals surface area (Å²) >= 11 is 3.35. The van der Waals surface area contributed by atoms with Gasteiger partial charge in [0.05, 0.1) is 5.52 Å². The summed E-state index contributed by atoms with van der Waals surface area (Å²) in [6, 6.07) is 8.65. The molecule has 4 aromatic rings. The molecule has 1 saturated heterocycles. The first-order chi connectivity index (χ1) is 20.5. The number of rotatable bonds is 8. The molecule has 43 heavy (non-hydrogen) atoms. The highest BCUT2D eigenvalue weighted by atomic mass is 79.9. The van der Waals surface area contributed by atoms with Gasteiger partial charge in [-0.1, -0.05) is 32.9 Å². The molecule has 0 bridgehead atoms. The Bertz CT molecular complexity index is 1680. The normalized spacial score (nSPS) is 16.6. The van der Waals surface area contributed by atoms with Crippen LogP contribution in [0.15, 0.2) is 47.3 Å². The fraction of sp³-hybridized carbons (Fsp3) is 0.387. The zero-order valence-corrected chi connectivity index (χ0v) is 26.5. The minimum absolute atomic E-state index is 0.119. The fourth-order valence-corrected chi connectivity index (χ4v) is 5.50. The van der Waals surface area contributed by atoms with Crippen molar-refractivity contribution in [2.24, 2.45) is 11.8 Å². The zero-order valence-electron chi connectivity index (χ0n) is 24.9. The van der Waals surface area contributed by atoms with Gasteiger partial charge < -0.3 is 15.5 Å². The van der Waals surface area contributed by atoms with Gasteiger partial charge in [-0.05, 0) is 77.4 Å². The lowest BCUT2D eigenvalue weighted by Gasteiger charge is -2.24. The van der Waals surface area contributed by atoms with Gasteiger partial charge in [0.25, 0.3) is 5.91 Å². The van der Waals surface area contributed by atoms with Crippen molar-refractivity contribution in [3.8, 4) is 11.1 Å². The van der Waals surface area contributed by atoms with E-state index in [4.69, 9.17) is 0 Å². The van der Waals surface area contributed by atoms with E-state index in [9.17, 15) is 14.4 Å². The van der Waals surface area contributed by atoms with E-state index < -0.39 is 6.04 Å². The molecule has 224 valence electrons. The van der Waals surface area contributed by atoms with Crippen molar-refractivity contribution in [1.29, 1.82) is 0 Å². The SMILES string of the molecule is Cc1ncc(-c2ccc3c(c2)c(C(=O)NCC(C)C)nn3CC(=O)N2CC(C)CC2C(=O)Nc2nc(Br)ccc2C)cn1. The summed E-state index contributed by atoms with van der Waals surface area (Å²) in [5.74, 6) is 0.671. The summed E-state index contributed by atoms with van der Waals surface area (Å²) in [5, 5.41) is 11.1. The molecule has 0 saturated carbocycles. The van der Waals surface area contributed by atoms with E-state index in [2.05, 4.69) is 46.6 Å². The van der Waals surface area contributed by atoms with Crippen LogP contribution in [0.2, 0.25) is 0 Å². The highest BCUT2D eigenvalue weighted by molar-refractivity contribution is 9.10. The lowest BCUT2D eigenvalue weighted by molar-refractivity contribution is -0.137. The first-order valence-corrected chi connectivity index (χ1v) is 15.1. The molecule has 0 aliphatic carbocycles. The number of hydrogen-bond donors (Lipinski definition) is 2. The van der Waals surface area contributed by atoms with E-state index in [1.165, 1.54) is 0 Å². The Morgan fingerprint density at radius 3 is 2.53 bits per heavy atom. The summed E-state index contributed by atoms with van der Waals surface area (Å²) in [5.41, 5.74) is 3.33. The summed E-state index contributed by atoms with van der Waals surface area (Å²) in [6.45, 7) is 10.6. The minimum Gasteiger partial charge on any atom is -0.350 e. The summed E-state index contributed by atoms with van der Waals surface area (Å²) in [4.78, 5) is 54.9. The van der Waals surface area contributed by atoms with Gasteiger partial charge in [0.2, 0.25) is 11.8 Å². The number of likely N-dealkylation sites (tertiary alicyclic amines) is 1. The van der Waals surface area contributed by atoms with Crippen molar-refractivity contribution < 1.29 is 14.4 Å². The predicted molar refractivity (Wildman–Crippen MR) is 167 cm³/mol. The fourth-order valence-electron chi connectivity index (χ4n) is 5.19. The number of anilines is 1. The Morgan fingerprint density at radius 2 is 1.81 bits per heavy atom. The van der Waals surface area contributed by atoms with Gasteiger partial charge >= 0.3 is 0 Å². The summed E-state index contributed by atoms with van der Waals surface area (Å²) < 4.78 is 2.16. The largest absolute Gasteiger partial charge is 0.350 e. The van der Waals surface area contributed by atoms with E-state index in [-0.39, 0.29) is 41.8 Å². The maximum atomic E-state index is 13.8. The average Bonchev–Trinajstić information content (AvgIpc) is 3.54. The van der Waals surface area contributed by atoms with Crippen LogP contribution in [-0.2, 0) is 16.1 Å². The minimum atomic E-state index is -0.647. The second-order valence-electron chi connectivity index (χ2n) is 11.6. The maximum Gasteiger partial charge on any atom is 0.272 e. The third-order valence-electron chi connectivity index (χ3n) is 7.47. The van der Waals surface area contributed by atoms with E-state index in [0.717, 1.165) is 16.7 Å². The Labute approximate surface area is 258 Å². The average molecular weight is 648 g/mol. The monoisotopic (exact) mass is 646 g/mol. The van der Waals surface area contributed by atoms with Crippen LogP contribution in [0.5, 0.6) is 0 Å². The highest BCUT2D eigenvalue weighted by Crippen LogP contribution is 2.29. The van der Waals surface area contributed by atoms with Crippen LogP contribution in [0.1, 0.15) is 49.1 Å². The van der Waals surface area contributed by atoms with Gasteiger partial charge in [-0.2, -0.15) is 5.10 Å². The number of aryl methyl sites for hydroxylation is 2. The van der Waals surface area contributed by atoms with Crippen molar-refractivity contribution in [2.45, 2.75) is 53.6 Å². The Balaban J connectivity index is 1.44. The van der Waals surface area contributed by atoms with Crippen molar-refractivity contribution in [3.05, 3.63) is 64.4 Å². The molecule has 2 atom stereocenters. The highest BCUT2D eigenvalue weighted by Gasteiger charge is 2.38. The standard InChI is InChI=1S/C31H35BrN8O3/c1-17(2)12-35-31(43)28-23-11-21(22-13-33-20(5)34-14-22)7-8-24(23)40(38-28)16-27(41)39-15-18(3)10-25(39)30(42)37-29-19(4)6-9-26(32)36-29/h6-9,11,13-14,17-18,25H,10,12,15-16H2,1-5H3,(H,35,43)(H,36,37,42). The second-order valence-corrected chi connectivity index (χ2v) is 12.4. The number of amides is 3. The van der Waals surface area contributed by atoms with E-state index >= 15 is 0 Å². The van der Waals surface area contributed by atoms with E-state index in [0.29, 0.717) is 46.7 Å². The number of benzene rings is 1. The zero-order chi connectivity index (χ0) is 30.8. The lowest BCUT2D eigenvalue weighted by atomic mass is 10.1. The van der Waals surface area contributed by atoms with Crippen LogP contribution in [0.3, 0.4) is 0 Å². The van der Waals surface area contributed by atoms with Crippen molar-refractivity contribution >= 4 is 50.4 Å². The molecule has 1 fully saturated rings. The number of carbonyl (C=O) groups is 3. The summed E-state index contributed by atoms with van der Waals surface area (Å²) in [7, 11) is 0. The number of aromatic nitrogens is 5. The first-order valence-electron chi connectivity index (χ1n) is 14.3. The van der Waals surface area contributed by atoms with Gasteiger partial charge in [0, 0.05) is 36.4 Å². The van der Waals surface area contributed by atoms with Gasteiger partial charge in [-0.15, -0.1) is 0 Å². The van der Waals surface area contributed by atoms with Crippen LogP contribution in [0, 0.1) is 25.7 Å². The molecule has 11 nitrogen and oxygen atoms in total. The third kappa shape index (κ3) is 6.74. The van der Waals surface area contributed by atoms with Crippen molar-refractivity contribution in [2.75, 3.05) is 18.4 Å². The van der Waals surface area contributed by atoms with Crippen LogP contribution < -0.4 is 10.6 Å². The molecule has 3 aromatic heterocycles. The number of nitrogens with zero attached hydrogens (tertiary/aromatic N) is 6. The van der Waals surface area contributed by atoms with Crippen molar-refractivity contribution in [3.63, 3.8) is 0 Å². The molecule has 2 N–H and O–H groups in total. The molecule has 4 heterocycles. The molecule has 0 radical (unpaired) electrons. The van der Waals surface area contributed by atoms with Gasteiger partial charge in [-0.3, -0.25) is 19.1 Å². The van der Waals surface area contributed by atoms with E-state index in [1.54, 1.807) is 22.0 Å². The Hall–Kier alpha value is -4.19. The van der Waals surface area contributed by atoms with Gasteiger partial charge in [0.15, 0.2) is 5.69 Å². The van der Waals surface area contributed by atoms with Gasteiger partial charge in [-0.25, -0.2) is 15.0 Å². The topological polar surface area (TPSA) is 135 Å². The molecule has 5 rings (SSSR count). The molecular weight excluding hydrogens is 612 g/mol. The first kappa shape index (κ1) is 30.3. The molecule has 1 aromatic carbocycles. The Kier molecular flexibility index (Phi) is 8.86. The molecule has 0 spiro atoms. The maximum absolute atomic E-state index is 13.8. The molecular formula is C31H35BrN8O3. The number of halogens is 1. The number of pyridine rings is 1. The lowest BCUT2D eigenvalue weighted by Crippen LogP contribution is -2.44. The number of carbonyl (C=O) groups excluding carboxylic acids is 3. The predicted octanol–water partition coefficient (Wildman–Crippen LogP) is 4.53. The third-order valence-corrected chi connectivity index (χ3v) is 7.92. The van der Waals surface area contributed by atoms with Crippen LogP contribution >= 0.6 is 15.9 Å². The molecule has 1 aliphatic heterocycles. The number of nitrogens with one attached hydrogen (secondary N) is 2. The summed E-state index contributed by atoms with van der Waals surface area (Å²) in [6.07, 6.45) is 4.01. The van der Waals surface area contributed by atoms with Crippen LogP contribution in [0.25, 0.3) is 22.0 Å². The van der Waals surface area contributed by atoms with Gasteiger partial charge in [0.1, 0.15) is 28.8 Å². The molecule has 2 unspecified atom stereocenters.